The molecule has 2 N–H and O–H groups in total. The maximum absolute atomic E-state index is 11.8. The molecule has 3 atom stereocenters. The van der Waals surface area contributed by atoms with E-state index in [0.717, 1.165) is 32.6 Å². The van der Waals surface area contributed by atoms with E-state index in [4.69, 9.17) is 9.47 Å². The van der Waals surface area contributed by atoms with Crippen molar-refractivity contribution >= 4 is 6.09 Å². The fourth-order valence-electron chi connectivity index (χ4n) is 2.57. The molecule has 5 nitrogen and oxygen atoms in total. The minimum atomic E-state index is -0.438. The van der Waals surface area contributed by atoms with Crippen molar-refractivity contribution in [2.45, 2.75) is 51.3 Å². The van der Waals surface area contributed by atoms with Crippen LogP contribution in [0.2, 0.25) is 0 Å². The Hall–Kier alpha value is -0.810. The van der Waals surface area contributed by atoms with Gasteiger partial charge in [-0.2, -0.15) is 0 Å². The largest absolute Gasteiger partial charge is 0.444 e. The molecule has 5 heteroatoms. The third kappa shape index (κ3) is 4.14. The first-order valence-electron chi connectivity index (χ1n) is 6.73. The van der Waals surface area contributed by atoms with E-state index in [1.54, 1.807) is 0 Å². The van der Waals surface area contributed by atoms with Gasteiger partial charge in [0.1, 0.15) is 5.60 Å². The van der Waals surface area contributed by atoms with Crippen LogP contribution in [0, 0.1) is 5.92 Å². The van der Waals surface area contributed by atoms with Crippen LogP contribution in [0.4, 0.5) is 4.79 Å². The van der Waals surface area contributed by atoms with Crippen molar-refractivity contribution in [2.24, 2.45) is 5.92 Å². The maximum Gasteiger partial charge on any atom is 0.407 e. The number of nitrogens with one attached hydrogen (secondary N) is 2. The number of hydrogen-bond acceptors (Lipinski definition) is 4. The van der Waals surface area contributed by atoms with Crippen molar-refractivity contribution < 1.29 is 14.3 Å². The number of amides is 1. The summed E-state index contributed by atoms with van der Waals surface area (Å²) in [6.07, 6.45) is 1.56. The van der Waals surface area contributed by atoms with E-state index >= 15 is 0 Å². The zero-order valence-electron chi connectivity index (χ0n) is 11.5. The lowest BCUT2D eigenvalue weighted by Crippen LogP contribution is -2.43. The van der Waals surface area contributed by atoms with Gasteiger partial charge >= 0.3 is 6.09 Å². The second-order valence-electron chi connectivity index (χ2n) is 6.32. The second kappa shape index (κ2) is 5.45. The molecular formula is C13H24N2O3. The van der Waals surface area contributed by atoms with Crippen LogP contribution in [0.25, 0.3) is 0 Å². The zero-order valence-corrected chi connectivity index (χ0v) is 11.5. The molecule has 2 heterocycles. The zero-order chi connectivity index (χ0) is 13.2. The lowest BCUT2D eigenvalue weighted by atomic mass is 9.98. The summed E-state index contributed by atoms with van der Waals surface area (Å²) in [4.78, 5) is 11.8. The number of fused-ring (bicyclic) bond motifs is 3. The van der Waals surface area contributed by atoms with E-state index in [1.165, 1.54) is 0 Å². The quantitative estimate of drug-likeness (QED) is 0.742. The predicted molar refractivity (Wildman–Crippen MR) is 68.5 cm³/mol. The van der Waals surface area contributed by atoms with Crippen LogP contribution in [0.5, 0.6) is 0 Å². The number of alkyl carbamates (subject to hydrolysis) is 1. The highest BCUT2D eigenvalue weighted by molar-refractivity contribution is 5.68. The molecule has 2 bridgehead atoms. The van der Waals surface area contributed by atoms with Crippen LogP contribution >= 0.6 is 0 Å². The predicted octanol–water partition coefficient (Wildman–Crippen LogP) is 1.28. The molecule has 2 fully saturated rings. The highest BCUT2D eigenvalue weighted by atomic mass is 16.6. The molecule has 18 heavy (non-hydrogen) atoms. The summed E-state index contributed by atoms with van der Waals surface area (Å²) >= 11 is 0. The number of rotatable bonds is 1. The van der Waals surface area contributed by atoms with E-state index in [9.17, 15) is 4.79 Å². The second-order valence-corrected chi connectivity index (χ2v) is 6.32. The minimum Gasteiger partial charge on any atom is -0.444 e. The van der Waals surface area contributed by atoms with E-state index < -0.39 is 5.60 Å². The number of carbonyl (C=O) groups is 1. The van der Waals surface area contributed by atoms with Gasteiger partial charge in [0.25, 0.3) is 0 Å². The van der Waals surface area contributed by atoms with Gasteiger partial charge in [-0.15, -0.1) is 0 Å². The van der Waals surface area contributed by atoms with Crippen LogP contribution in [-0.2, 0) is 9.47 Å². The van der Waals surface area contributed by atoms with Gasteiger partial charge in [-0.05, 0) is 39.5 Å². The summed E-state index contributed by atoms with van der Waals surface area (Å²) in [7, 11) is 0. The molecule has 104 valence electrons. The van der Waals surface area contributed by atoms with Gasteiger partial charge in [0.2, 0.25) is 0 Å². The first-order chi connectivity index (χ1) is 8.42. The van der Waals surface area contributed by atoms with Crippen molar-refractivity contribution in [1.82, 2.24) is 10.6 Å². The molecule has 2 aliphatic rings. The Labute approximate surface area is 109 Å². The fraction of sp³-hybridized carbons (Fsp3) is 0.923. The van der Waals surface area contributed by atoms with Crippen LogP contribution in [0.15, 0.2) is 0 Å². The Morgan fingerprint density at radius 3 is 2.83 bits per heavy atom. The van der Waals surface area contributed by atoms with Gasteiger partial charge in [-0.25, -0.2) is 4.79 Å². The van der Waals surface area contributed by atoms with E-state index in [2.05, 4.69) is 10.6 Å². The van der Waals surface area contributed by atoms with Crippen molar-refractivity contribution in [3.05, 3.63) is 0 Å². The molecule has 1 amide bonds. The summed E-state index contributed by atoms with van der Waals surface area (Å²) in [5.41, 5.74) is -0.438. The first kappa shape index (κ1) is 13.6. The normalized spacial score (nSPS) is 32.5. The van der Waals surface area contributed by atoms with Gasteiger partial charge in [0.05, 0.1) is 13.2 Å². The molecule has 0 aliphatic carbocycles. The molecule has 0 saturated carbocycles. The molecule has 0 aromatic heterocycles. The third-order valence-electron chi connectivity index (χ3n) is 3.28. The van der Waals surface area contributed by atoms with Crippen LogP contribution in [0.3, 0.4) is 0 Å². The maximum atomic E-state index is 11.8. The minimum absolute atomic E-state index is 0.189. The number of ether oxygens (including phenoxy) is 2. The standard InChI is InChI=1S/C13H24N2O3/c1-13(2,3)18-12(16)15-10-4-9-6-14-11(5-10)8-17-7-9/h9-11,14H,4-8H2,1-3H3,(H,15,16)/t9-,10-,11?/m1/s1. The number of carbonyl (C=O) groups excluding carboxylic acids is 1. The Kier molecular flexibility index (Phi) is 4.12. The van der Waals surface area contributed by atoms with Gasteiger partial charge in [-0.1, -0.05) is 0 Å². The average molecular weight is 256 g/mol. The van der Waals surface area contributed by atoms with Crippen LogP contribution in [-0.4, -0.2) is 43.5 Å². The molecule has 1 unspecified atom stereocenters. The number of hydrogen-bond donors (Lipinski definition) is 2. The smallest absolute Gasteiger partial charge is 0.407 e. The van der Waals surface area contributed by atoms with Gasteiger partial charge in [-0.3, -0.25) is 0 Å². The molecule has 2 saturated heterocycles. The third-order valence-corrected chi connectivity index (χ3v) is 3.28. The molecule has 0 radical (unpaired) electrons. The molecular weight excluding hydrogens is 232 g/mol. The Balaban J connectivity index is 1.87. The summed E-state index contributed by atoms with van der Waals surface area (Å²) in [5, 5.41) is 6.47. The van der Waals surface area contributed by atoms with Crippen molar-refractivity contribution in [3.63, 3.8) is 0 Å². The first-order valence-corrected chi connectivity index (χ1v) is 6.73. The van der Waals surface area contributed by atoms with E-state index in [0.29, 0.717) is 12.0 Å². The Bertz CT molecular complexity index is 287. The lowest BCUT2D eigenvalue weighted by molar-refractivity contribution is 0.0452. The summed E-state index contributed by atoms with van der Waals surface area (Å²) in [6, 6.07) is 0.534. The topological polar surface area (TPSA) is 59.6 Å². The SMILES string of the molecule is CC(C)(C)OC(=O)N[C@H]1CC2COC[C@@H](CN2)C1. The van der Waals surface area contributed by atoms with Gasteiger partial charge in [0, 0.05) is 18.6 Å². The van der Waals surface area contributed by atoms with Crippen LogP contribution in [0.1, 0.15) is 33.6 Å². The highest BCUT2D eigenvalue weighted by Gasteiger charge is 2.30. The lowest BCUT2D eigenvalue weighted by Gasteiger charge is -2.27. The molecule has 2 aliphatic heterocycles. The monoisotopic (exact) mass is 256 g/mol. The summed E-state index contributed by atoms with van der Waals surface area (Å²) < 4.78 is 10.9. The van der Waals surface area contributed by atoms with Crippen molar-refractivity contribution in [2.75, 3.05) is 19.8 Å². The summed E-state index contributed by atoms with van der Waals surface area (Å²) in [5.74, 6) is 0.484. The Morgan fingerprint density at radius 1 is 1.33 bits per heavy atom. The van der Waals surface area contributed by atoms with Gasteiger partial charge in [0.15, 0.2) is 0 Å². The highest BCUT2D eigenvalue weighted by Crippen LogP contribution is 2.20. The molecule has 0 spiro atoms. The fourth-order valence-corrected chi connectivity index (χ4v) is 2.57. The molecule has 2 rings (SSSR count). The van der Waals surface area contributed by atoms with E-state index in [1.807, 2.05) is 20.8 Å². The van der Waals surface area contributed by atoms with Crippen molar-refractivity contribution in [3.8, 4) is 0 Å². The Morgan fingerprint density at radius 2 is 2.11 bits per heavy atom. The molecule has 0 aromatic carbocycles. The van der Waals surface area contributed by atoms with Gasteiger partial charge < -0.3 is 20.1 Å². The molecule has 0 aromatic rings. The van der Waals surface area contributed by atoms with Crippen molar-refractivity contribution in [1.29, 1.82) is 0 Å². The van der Waals surface area contributed by atoms with Crippen LogP contribution < -0.4 is 10.6 Å². The summed E-state index contributed by atoms with van der Waals surface area (Å²) in [6.45, 7) is 8.15. The average Bonchev–Trinajstić information content (AvgIpc) is 2.47. The van der Waals surface area contributed by atoms with E-state index in [-0.39, 0.29) is 12.1 Å².